The zero-order valence-corrected chi connectivity index (χ0v) is 17.1. The SMILES string of the molecule is CCN(C1=CC(=O)c2c(c(C)nc3c2c(=O)n(C)c(=O)n3C)C1=O)c1ccccc1. The van der Waals surface area contributed by atoms with E-state index in [2.05, 4.69) is 4.98 Å². The molecule has 0 spiro atoms. The number of aryl methyl sites for hydroxylation is 2. The van der Waals surface area contributed by atoms with Crippen LogP contribution >= 0.6 is 0 Å². The van der Waals surface area contributed by atoms with Crippen LogP contribution < -0.4 is 16.1 Å². The number of rotatable bonds is 3. The van der Waals surface area contributed by atoms with E-state index in [0.29, 0.717) is 12.2 Å². The second kappa shape index (κ2) is 6.91. The quantitative estimate of drug-likeness (QED) is 0.660. The summed E-state index contributed by atoms with van der Waals surface area (Å²) in [5.41, 5.74) is 0.313. The van der Waals surface area contributed by atoms with Gasteiger partial charge in [0.15, 0.2) is 5.78 Å². The average Bonchev–Trinajstić information content (AvgIpc) is 2.74. The van der Waals surface area contributed by atoms with Crippen LogP contribution in [-0.4, -0.2) is 32.2 Å². The van der Waals surface area contributed by atoms with Gasteiger partial charge in [-0.2, -0.15) is 0 Å². The summed E-state index contributed by atoms with van der Waals surface area (Å²) in [6.07, 6.45) is 1.27. The Bertz CT molecular complexity index is 1380. The van der Waals surface area contributed by atoms with Crippen molar-refractivity contribution >= 4 is 28.3 Å². The number of para-hydroxylation sites is 1. The number of carbonyl (C=O) groups is 2. The monoisotopic (exact) mass is 404 g/mol. The lowest BCUT2D eigenvalue weighted by Crippen LogP contribution is -2.39. The smallest absolute Gasteiger partial charge is 0.332 e. The number of anilines is 1. The van der Waals surface area contributed by atoms with Crippen molar-refractivity contribution in [1.29, 1.82) is 0 Å². The van der Waals surface area contributed by atoms with Gasteiger partial charge >= 0.3 is 5.69 Å². The summed E-state index contributed by atoms with van der Waals surface area (Å²) in [4.78, 5) is 57.9. The van der Waals surface area contributed by atoms with Crippen LogP contribution in [0.1, 0.15) is 33.3 Å². The van der Waals surface area contributed by atoms with Gasteiger partial charge in [0.2, 0.25) is 5.78 Å². The zero-order chi connectivity index (χ0) is 21.7. The summed E-state index contributed by atoms with van der Waals surface area (Å²) < 4.78 is 2.13. The number of likely N-dealkylation sites (N-methyl/N-ethyl adjacent to an activating group) is 1. The molecule has 0 radical (unpaired) electrons. The molecule has 0 atom stereocenters. The third-order valence-electron chi connectivity index (χ3n) is 5.42. The minimum Gasteiger partial charge on any atom is -0.338 e. The van der Waals surface area contributed by atoms with E-state index in [1.165, 1.54) is 24.7 Å². The summed E-state index contributed by atoms with van der Waals surface area (Å²) in [7, 11) is 2.81. The molecule has 8 nitrogen and oxygen atoms in total. The second-order valence-electron chi connectivity index (χ2n) is 7.15. The molecular formula is C22H20N4O4. The molecule has 0 aliphatic heterocycles. The van der Waals surface area contributed by atoms with Crippen molar-refractivity contribution in [2.75, 3.05) is 11.4 Å². The van der Waals surface area contributed by atoms with Crippen molar-refractivity contribution in [2.45, 2.75) is 13.8 Å². The van der Waals surface area contributed by atoms with E-state index in [1.54, 1.807) is 11.8 Å². The van der Waals surface area contributed by atoms with Crippen LogP contribution in [0.15, 0.2) is 51.7 Å². The minimum atomic E-state index is -0.648. The highest BCUT2D eigenvalue weighted by molar-refractivity contribution is 6.29. The number of pyridine rings is 1. The van der Waals surface area contributed by atoms with E-state index in [-0.39, 0.29) is 33.6 Å². The maximum absolute atomic E-state index is 13.5. The Kier molecular flexibility index (Phi) is 4.49. The van der Waals surface area contributed by atoms with Gasteiger partial charge in [-0.3, -0.25) is 23.5 Å². The van der Waals surface area contributed by atoms with Crippen molar-refractivity contribution < 1.29 is 9.59 Å². The summed E-state index contributed by atoms with van der Waals surface area (Å²) in [5, 5.41) is -0.0170. The number of benzene rings is 1. The molecule has 30 heavy (non-hydrogen) atoms. The van der Waals surface area contributed by atoms with E-state index >= 15 is 0 Å². The van der Waals surface area contributed by atoms with Gasteiger partial charge in [0.25, 0.3) is 5.56 Å². The highest BCUT2D eigenvalue weighted by Gasteiger charge is 2.34. The molecule has 4 rings (SSSR count). The number of allylic oxidation sites excluding steroid dienone is 2. The molecule has 0 N–H and O–H groups in total. The third kappa shape index (κ3) is 2.64. The molecule has 1 aliphatic rings. The number of hydrogen-bond acceptors (Lipinski definition) is 6. The summed E-state index contributed by atoms with van der Waals surface area (Å²) in [6.45, 7) is 3.96. The van der Waals surface area contributed by atoms with Crippen molar-refractivity contribution in [3.8, 4) is 0 Å². The molecular weight excluding hydrogens is 384 g/mol. The number of ketones is 2. The topological polar surface area (TPSA) is 94.3 Å². The Morgan fingerprint density at radius 2 is 1.63 bits per heavy atom. The number of fused-ring (bicyclic) bond motifs is 3. The van der Waals surface area contributed by atoms with Gasteiger partial charge < -0.3 is 4.90 Å². The first-order valence-electron chi connectivity index (χ1n) is 9.51. The number of aromatic nitrogens is 3. The molecule has 8 heteroatoms. The fourth-order valence-corrected chi connectivity index (χ4v) is 3.92. The molecule has 0 saturated heterocycles. The van der Waals surface area contributed by atoms with Gasteiger partial charge in [0, 0.05) is 32.4 Å². The van der Waals surface area contributed by atoms with Crippen LogP contribution in [0.2, 0.25) is 0 Å². The Hall–Kier alpha value is -3.81. The number of nitrogens with zero attached hydrogens (tertiary/aromatic N) is 4. The zero-order valence-electron chi connectivity index (χ0n) is 17.1. The normalized spacial score (nSPS) is 13.4. The third-order valence-corrected chi connectivity index (χ3v) is 5.42. The van der Waals surface area contributed by atoms with Crippen molar-refractivity contribution in [2.24, 2.45) is 14.1 Å². The van der Waals surface area contributed by atoms with E-state index in [1.807, 2.05) is 37.3 Å². The Morgan fingerprint density at radius 3 is 2.27 bits per heavy atom. The van der Waals surface area contributed by atoms with Crippen LogP contribution in [0.25, 0.3) is 11.0 Å². The minimum absolute atomic E-state index is 0.00608. The van der Waals surface area contributed by atoms with Gasteiger partial charge in [0.05, 0.1) is 27.9 Å². The second-order valence-corrected chi connectivity index (χ2v) is 7.15. The first-order valence-corrected chi connectivity index (χ1v) is 9.51. The Labute approximate surface area is 171 Å². The molecule has 2 heterocycles. The number of hydrogen-bond donors (Lipinski definition) is 0. The predicted octanol–water partition coefficient (Wildman–Crippen LogP) is 1.73. The highest BCUT2D eigenvalue weighted by Crippen LogP contribution is 2.31. The van der Waals surface area contributed by atoms with Crippen LogP contribution in [0.5, 0.6) is 0 Å². The van der Waals surface area contributed by atoms with Crippen LogP contribution in [-0.2, 0) is 14.1 Å². The standard InChI is InChI=1S/C22H20N4O4/c1-5-26(13-9-7-6-8-10-13)14-11-15(27)17-16(19(14)28)12(2)23-20-18(17)21(29)25(4)22(30)24(20)3/h6-11H,5H2,1-4H3. The van der Waals surface area contributed by atoms with Crippen molar-refractivity contribution in [3.63, 3.8) is 0 Å². The Morgan fingerprint density at radius 1 is 0.967 bits per heavy atom. The Balaban J connectivity index is 2.03. The van der Waals surface area contributed by atoms with Crippen molar-refractivity contribution in [1.82, 2.24) is 14.1 Å². The fraction of sp³-hybridized carbons (Fsp3) is 0.227. The maximum atomic E-state index is 13.5. The lowest BCUT2D eigenvalue weighted by Gasteiger charge is -2.28. The molecule has 0 saturated carbocycles. The van der Waals surface area contributed by atoms with E-state index in [4.69, 9.17) is 0 Å². The summed E-state index contributed by atoms with van der Waals surface area (Å²) in [6, 6.07) is 9.29. The lowest BCUT2D eigenvalue weighted by molar-refractivity contribution is 0.0982. The number of carbonyl (C=O) groups excluding carboxylic acids is 2. The largest absolute Gasteiger partial charge is 0.338 e. The molecule has 0 unspecified atom stereocenters. The molecule has 1 aliphatic carbocycles. The highest BCUT2D eigenvalue weighted by atomic mass is 16.2. The first kappa shape index (κ1) is 19.5. The van der Waals surface area contributed by atoms with Gasteiger partial charge in [-0.25, -0.2) is 9.78 Å². The maximum Gasteiger partial charge on any atom is 0.332 e. The van der Waals surface area contributed by atoms with Gasteiger partial charge in [-0.05, 0) is 26.0 Å². The lowest BCUT2D eigenvalue weighted by atomic mass is 9.89. The predicted molar refractivity (Wildman–Crippen MR) is 113 cm³/mol. The van der Waals surface area contributed by atoms with E-state index in [0.717, 1.165) is 10.3 Å². The van der Waals surface area contributed by atoms with Gasteiger partial charge in [-0.1, -0.05) is 18.2 Å². The van der Waals surface area contributed by atoms with Crippen LogP contribution in [0.4, 0.5) is 5.69 Å². The van der Waals surface area contributed by atoms with Crippen LogP contribution in [0, 0.1) is 6.92 Å². The molecule has 1 aromatic carbocycles. The molecule has 0 amide bonds. The average molecular weight is 404 g/mol. The molecule has 0 fully saturated rings. The fourth-order valence-electron chi connectivity index (χ4n) is 3.92. The van der Waals surface area contributed by atoms with Crippen LogP contribution in [0.3, 0.4) is 0 Å². The molecule has 3 aromatic rings. The van der Waals surface area contributed by atoms with Crippen molar-refractivity contribution in [3.05, 3.63) is 79.8 Å². The summed E-state index contributed by atoms with van der Waals surface area (Å²) >= 11 is 0. The van der Waals surface area contributed by atoms with E-state index < -0.39 is 17.0 Å². The number of Topliss-reactive ketones (excluding diaryl/α,β-unsaturated/α-hetero) is 1. The van der Waals surface area contributed by atoms with Gasteiger partial charge in [-0.15, -0.1) is 0 Å². The summed E-state index contributed by atoms with van der Waals surface area (Å²) in [5.74, 6) is -0.835. The van der Waals surface area contributed by atoms with Gasteiger partial charge in [0.1, 0.15) is 5.65 Å². The van der Waals surface area contributed by atoms with E-state index in [9.17, 15) is 19.2 Å². The molecule has 2 aromatic heterocycles. The first-order chi connectivity index (χ1) is 14.3. The molecule has 0 bridgehead atoms. The molecule has 152 valence electrons.